The summed E-state index contributed by atoms with van der Waals surface area (Å²) in [6, 6.07) is 14.0. The molecule has 3 aromatic rings. The summed E-state index contributed by atoms with van der Waals surface area (Å²) in [6.45, 7) is 0. The molecule has 0 radical (unpaired) electrons. The Hall–Kier alpha value is -1.58. The second kappa shape index (κ2) is 4.35. The van der Waals surface area contributed by atoms with Gasteiger partial charge in [-0.25, -0.2) is 0 Å². The summed E-state index contributed by atoms with van der Waals surface area (Å²) in [4.78, 5) is 4.07. The lowest BCUT2D eigenvalue weighted by molar-refractivity contribution is 0.484. The number of hydrogen-bond donors (Lipinski definition) is 0. The highest BCUT2D eigenvalue weighted by Gasteiger charge is 2.05. The minimum absolute atomic E-state index is 0.463. The summed E-state index contributed by atoms with van der Waals surface area (Å²) in [5, 5.41) is 4.99. The van der Waals surface area contributed by atoms with Crippen molar-refractivity contribution < 1.29 is 4.74 Å². The molecule has 0 unspecified atom stereocenters. The topological polar surface area (TPSA) is 22.1 Å². The average molecular weight is 262 g/mol. The van der Waals surface area contributed by atoms with Crippen molar-refractivity contribution in [2.75, 3.05) is 0 Å². The maximum Gasteiger partial charge on any atom is 0.280 e. The molecule has 17 heavy (non-hydrogen) atoms. The number of hydrogen-bond acceptors (Lipinski definition) is 3. The van der Waals surface area contributed by atoms with Crippen molar-refractivity contribution in [1.82, 2.24) is 4.98 Å². The second-order valence-electron chi connectivity index (χ2n) is 3.52. The first-order valence-corrected chi connectivity index (χ1v) is 6.35. The lowest BCUT2D eigenvalue weighted by Gasteiger charge is -2.05. The molecular formula is C13H8ClNOS. The van der Waals surface area contributed by atoms with Crippen molar-refractivity contribution in [1.29, 1.82) is 0 Å². The molecular weight excluding hydrogens is 254 g/mol. The zero-order chi connectivity index (χ0) is 11.7. The van der Waals surface area contributed by atoms with Crippen molar-refractivity contribution in [3.8, 4) is 10.9 Å². The van der Waals surface area contributed by atoms with Gasteiger partial charge in [-0.05, 0) is 11.5 Å². The molecule has 2 aromatic carbocycles. The van der Waals surface area contributed by atoms with Gasteiger partial charge in [-0.1, -0.05) is 59.3 Å². The molecule has 0 bridgehead atoms. The number of halogens is 1. The summed E-state index contributed by atoms with van der Waals surface area (Å²) < 4.78 is 5.74. The van der Waals surface area contributed by atoms with E-state index < -0.39 is 0 Å². The molecule has 0 aliphatic rings. The highest BCUT2D eigenvalue weighted by atomic mass is 35.5. The first-order chi connectivity index (χ1) is 8.33. The third-order valence-corrected chi connectivity index (χ3v) is 3.44. The number of benzene rings is 2. The van der Waals surface area contributed by atoms with E-state index in [1.807, 2.05) is 30.3 Å². The molecule has 84 valence electrons. The largest absolute Gasteiger partial charge is 0.430 e. The van der Waals surface area contributed by atoms with Crippen LogP contribution in [0.5, 0.6) is 10.9 Å². The van der Waals surface area contributed by atoms with Crippen molar-refractivity contribution in [2.24, 2.45) is 0 Å². The lowest BCUT2D eigenvalue weighted by Crippen LogP contribution is -1.84. The number of nitrogens with zero attached hydrogens (tertiary/aromatic N) is 1. The van der Waals surface area contributed by atoms with Gasteiger partial charge in [0.15, 0.2) is 0 Å². The summed E-state index contributed by atoms with van der Waals surface area (Å²) in [7, 11) is 0. The molecule has 0 atom stereocenters. The quantitative estimate of drug-likeness (QED) is 0.665. The van der Waals surface area contributed by atoms with Crippen molar-refractivity contribution >= 4 is 33.7 Å². The van der Waals surface area contributed by atoms with Gasteiger partial charge in [-0.2, -0.15) is 4.98 Å². The van der Waals surface area contributed by atoms with Crippen molar-refractivity contribution in [2.45, 2.75) is 0 Å². The molecule has 2 nitrogen and oxygen atoms in total. The van der Waals surface area contributed by atoms with E-state index in [2.05, 4.69) is 17.1 Å². The second-order valence-corrected chi connectivity index (χ2v) is 4.72. The monoisotopic (exact) mass is 261 g/mol. The van der Waals surface area contributed by atoms with Crippen LogP contribution in [0.4, 0.5) is 0 Å². The standard InChI is InChI=1S/C13H8ClNOS/c14-12-8-17-13(15-12)16-11-7-3-5-9-4-1-2-6-10(9)11/h1-8H. The van der Waals surface area contributed by atoms with Gasteiger partial charge in [0.1, 0.15) is 10.9 Å². The zero-order valence-electron chi connectivity index (χ0n) is 8.76. The van der Waals surface area contributed by atoms with Crippen LogP contribution in [0.1, 0.15) is 0 Å². The fourth-order valence-electron chi connectivity index (χ4n) is 1.66. The average Bonchev–Trinajstić information content (AvgIpc) is 2.75. The van der Waals surface area contributed by atoms with Crippen LogP contribution >= 0.6 is 22.9 Å². The first-order valence-electron chi connectivity index (χ1n) is 5.09. The van der Waals surface area contributed by atoms with Crippen LogP contribution in [0.15, 0.2) is 47.8 Å². The van der Waals surface area contributed by atoms with E-state index in [1.54, 1.807) is 5.38 Å². The number of ether oxygens (including phenoxy) is 1. The SMILES string of the molecule is Clc1csc(Oc2cccc3ccccc23)n1. The maximum absolute atomic E-state index is 5.76. The van der Waals surface area contributed by atoms with Crippen LogP contribution < -0.4 is 4.74 Å². The highest BCUT2D eigenvalue weighted by Crippen LogP contribution is 2.32. The molecule has 0 N–H and O–H groups in total. The molecule has 4 heteroatoms. The number of fused-ring (bicyclic) bond motifs is 1. The van der Waals surface area contributed by atoms with Gasteiger partial charge in [-0.15, -0.1) is 0 Å². The van der Waals surface area contributed by atoms with E-state index in [0.29, 0.717) is 10.3 Å². The molecule has 1 aromatic heterocycles. The molecule has 0 saturated carbocycles. The normalized spacial score (nSPS) is 10.6. The fourth-order valence-corrected chi connectivity index (χ4v) is 2.46. The molecule has 3 rings (SSSR count). The van der Waals surface area contributed by atoms with Crippen LogP contribution in [-0.2, 0) is 0 Å². The maximum atomic E-state index is 5.76. The molecule has 0 aliphatic carbocycles. The summed E-state index contributed by atoms with van der Waals surface area (Å²) in [6.07, 6.45) is 0. The minimum Gasteiger partial charge on any atom is -0.430 e. The van der Waals surface area contributed by atoms with E-state index in [-0.39, 0.29) is 0 Å². The van der Waals surface area contributed by atoms with Gasteiger partial charge in [-0.3, -0.25) is 0 Å². The molecule has 0 spiro atoms. The van der Waals surface area contributed by atoms with Crippen LogP contribution in [0.2, 0.25) is 5.15 Å². The van der Waals surface area contributed by atoms with Gasteiger partial charge in [0.25, 0.3) is 5.19 Å². The Kier molecular flexibility index (Phi) is 2.71. The predicted molar refractivity (Wildman–Crippen MR) is 71.1 cm³/mol. The highest BCUT2D eigenvalue weighted by molar-refractivity contribution is 7.11. The van der Waals surface area contributed by atoms with Gasteiger partial charge < -0.3 is 4.74 Å². The summed E-state index contributed by atoms with van der Waals surface area (Å²) in [5.41, 5.74) is 0. The van der Waals surface area contributed by atoms with E-state index >= 15 is 0 Å². The molecule has 0 amide bonds. The third-order valence-electron chi connectivity index (χ3n) is 2.40. The Morgan fingerprint density at radius 1 is 1.06 bits per heavy atom. The minimum atomic E-state index is 0.463. The van der Waals surface area contributed by atoms with Crippen LogP contribution in [0.3, 0.4) is 0 Å². The Morgan fingerprint density at radius 3 is 2.71 bits per heavy atom. The van der Waals surface area contributed by atoms with E-state index in [1.165, 1.54) is 11.3 Å². The zero-order valence-corrected chi connectivity index (χ0v) is 10.3. The first kappa shape index (κ1) is 10.6. The fraction of sp³-hybridized carbons (Fsp3) is 0. The van der Waals surface area contributed by atoms with Gasteiger partial charge >= 0.3 is 0 Å². The van der Waals surface area contributed by atoms with Gasteiger partial charge in [0.05, 0.1) is 0 Å². The predicted octanol–water partition coefficient (Wildman–Crippen LogP) is 4.74. The van der Waals surface area contributed by atoms with Crippen molar-refractivity contribution in [3.05, 3.63) is 53.0 Å². The Labute approximate surface area is 107 Å². The molecule has 0 saturated heterocycles. The molecule has 0 aliphatic heterocycles. The third kappa shape index (κ3) is 2.12. The molecule has 0 fully saturated rings. The van der Waals surface area contributed by atoms with Crippen LogP contribution in [0, 0.1) is 0 Å². The molecule has 1 heterocycles. The van der Waals surface area contributed by atoms with E-state index in [0.717, 1.165) is 16.5 Å². The van der Waals surface area contributed by atoms with E-state index in [9.17, 15) is 0 Å². The lowest BCUT2D eigenvalue weighted by atomic mass is 10.1. The van der Waals surface area contributed by atoms with E-state index in [4.69, 9.17) is 16.3 Å². The number of aromatic nitrogens is 1. The van der Waals surface area contributed by atoms with Gasteiger partial charge in [0.2, 0.25) is 0 Å². The summed E-state index contributed by atoms with van der Waals surface area (Å²) in [5.74, 6) is 0.800. The van der Waals surface area contributed by atoms with Crippen LogP contribution in [-0.4, -0.2) is 4.98 Å². The summed E-state index contributed by atoms with van der Waals surface area (Å²) >= 11 is 7.15. The van der Waals surface area contributed by atoms with Gasteiger partial charge in [0, 0.05) is 10.8 Å². The Balaban J connectivity index is 2.05. The van der Waals surface area contributed by atoms with Crippen molar-refractivity contribution in [3.63, 3.8) is 0 Å². The number of rotatable bonds is 2. The van der Waals surface area contributed by atoms with Crippen LogP contribution in [0.25, 0.3) is 10.8 Å². The smallest absolute Gasteiger partial charge is 0.280 e. The Morgan fingerprint density at radius 2 is 1.88 bits per heavy atom. The number of thiazole rings is 1. The Bertz CT molecular complexity index is 660.